The van der Waals surface area contributed by atoms with Crippen LogP contribution in [0.3, 0.4) is 0 Å². The van der Waals surface area contributed by atoms with E-state index in [1.54, 1.807) is 0 Å². The predicted molar refractivity (Wildman–Crippen MR) is 70.3 cm³/mol. The summed E-state index contributed by atoms with van der Waals surface area (Å²) in [5.41, 5.74) is -1.01. The average molecular weight is 255 g/mol. The fourth-order valence-electron chi connectivity index (χ4n) is 2.50. The molecule has 1 fully saturated rings. The Bertz CT molecular complexity index is 293. The lowest BCUT2D eigenvalue weighted by atomic mass is 9.89. The van der Waals surface area contributed by atoms with Gasteiger partial charge >= 0.3 is 5.97 Å². The average Bonchev–Trinajstić information content (AvgIpc) is 2.55. The van der Waals surface area contributed by atoms with Crippen molar-refractivity contribution in [2.45, 2.75) is 70.8 Å². The lowest BCUT2D eigenvalue weighted by molar-refractivity contribution is -0.148. The van der Waals surface area contributed by atoms with Crippen molar-refractivity contribution in [2.75, 3.05) is 0 Å². The maximum Gasteiger partial charge on any atom is 0.329 e. The molecule has 2 N–H and O–H groups in total. The van der Waals surface area contributed by atoms with Gasteiger partial charge in [0.25, 0.3) is 0 Å². The number of nitrogens with one attached hydrogen (secondary N) is 1. The Morgan fingerprint density at radius 1 is 1.22 bits per heavy atom. The molecule has 1 rings (SSSR count). The standard InChI is InChI=1S/C14H25NO3/c1-3-11(2)10-12(16)15-14(13(17)18)8-6-4-5-7-9-14/h11H,3-10H2,1-2H3,(H,15,16)(H,17,18). The molecule has 1 saturated carbocycles. The summed E-state index contributed by atoms with van der Waals surface area (Å²) in [6.07, 6.45) is 6.39. The highest BCUT2D eigenvalue weighted by molar-refractivity contribution is 5.87. The van der Waals surface area contributed by atoms with Gasteiger partial charge in [0.2, 0.25) is 5.91 Å². The Kier molecular flexibility index (Phi) is 5.63. The van der Waals surface area contributed by atoms with Crippen LogP contribution in [0.2, 0.25) is 0 Å². The van der Waals surface area contributed by atoms with Gasteiger partial charge in [0.1, 0.15) is 5.54 Å². The second-order valence-corrected chi connectivity index (χ2v) is 5.57. The van der Waals surface area contributed by atoms with E-state index >= 15 is 0 Å². The van der Waals surface area contributed by atoms with Crippen LogP contribution in [0, 0.1) is 5.92 Å². The van der Waals surface area contributed by atoms with Crippen molar-refractivity contribution < 1.29 is 14.7 Å². The van der Waals surface area contributed by atoms with Crippen LogP contribution in [0.25, 0.3) is 0 Å². The first-order valence-corrected chi connectivity index (χ1v) is 7.04. The van der Waals surface area contributed by atoms with E-state index in [1.165, 1.54) is 0 Å². The van der Waals surface area contributed by atoms with Gasteiger partial charge < -0.3 is 10.4 Å². The summed E-state index contributed by atoms with van der Waals surface area (Å²) in [6, 6.07) is 0. The first-order valence-electron chi connectivity index (χ1n) is 7.04. The lowest BCUT2D eigenvalue weighted by Gasteiger charge is -2.29. The summed E-state index contributed by atoms with van der Waals surface area (Å²) in [4.78, 5) is 23.4. The number of carboxylic acid groups (broad SMARTS) is 1. The minimum absolute atomic E-state index is 0.117. The quantitative estimate of drug-likeness (QED) is 0.742. The molecule has 0 bridgehead atoms. The van der Waals surface area contributed by atoms with Crippen LogP contribution in [-0.2, 0) is 9.59 Å². The molecule has 1 atom stereocenters. The van der Waals surface area contributed by atoms with E-state index < -0.39 is 11.5 Å². The number of carbonyl (C=O) groups excluding carboxylic acids is 1. The van der Waals surface area contributed by atoms with Crippen molar-refractivity contribution in [3.05, 3.63) is 0 Å². The first-order chi connectivity index (χ1) is 8.50. The van der Waals surface area contributed by atoms with E-state index in [-0.39, 0.29) is 5.91 Å². The summed E-state index contributed by atoms with van der Waals surface area (Å²) >= 11 is 0. The fourth-order valence-corrected chi connectivity index (χ4v) is 2.50. The Morgan fingerprint density at radius 3 is 2.22 bits per heavy atom. The number of amides is 1. The molecule has 1 unspecified atom stereocenters. The van der Waals surface area contributed by atoms with Crippen molar-refractivity contribution >= 4 is 11.9 Å². The van der Waals surface area contributed by atoms with Crippen LogP contribution < -0.4 is 5.32 Å². The van der Waals surface area contributed by atoms with Gasteiger partial charge in [0, 0.05) is 6.42 Å². The van der Waals surface area contributed by atoms with E-state index in [2.05, 4.69) is 5.32 Å². The van der Waals surface area contributed by atoms with Crippen LogP contribution in [0.4, 0.5) is 0 Å². The van der Waals surface area contributed by atoms with E-state index in [1.807, 2.05) is 13.8 Å². The van der Waals surface area contributed by atoms with Gasteiger partial charge in [0.15, 0.2) is 0 Å². The minimum atomic E-state index is -1.01. The lowest BCUT2D eigenvalue weighted by Crippen LogP contribution is -2.54. The van der Waals surface area contributed by atoms with Crippen molar-refractivity contribution in [3.63, 3.8) is 0 Å². The third-order valence-corrected chi connectivity index (χ3v) is 3.98. The summed E-state index contributed by atoms with van der Waals surface area (Å²) in [5, 5.41) is 12.2. The number of aliphatic carboxylic acids is 1. The summed E-state index contributed by atoms with van der Waals surface area (Å²) in [7, 11) is 0. The topological polar surface area (TPSA) is 66.4 Å². The number of rotatable bonds is 5. The van der Waals surface area contributed by atoms with Crippen molar-refractivity contribution in [1.29, 1.82) is 0 Å². The molecule has 0 aliphatic heterocycles. The Balaban J connectivity index is 2.67. The van der Waals surface area contributed by atoms with Gasteiger partial charge in [-0.1, -0.05) is 46.0 Å². The molecule has 1 amide bonds. The van der Waals surface area contributed by atoms with E-state index in [0.717, 1.165) is 32.1 Å². The van der Waals surface area contributed by atoms with Gasteiger partial charge in [-0.25, -0.2) is 4.79 Å². The molecule has 0 aromatic heterocycles. The van der Waals surface area contributed by atoms with Crippen LogP contribution in [0.5, 0.6) is 0 Å². The number of hydrogen-bond acceptors (Lipinski definition) is 2. The largest absolute Gasteiger partial charge is 0.480 e. The van der Waals surface area contributed by atoms with Crippen molar-refractivity contribution in [3.8, 4) is 0 Å². The summed E-state index contributed by atoms with van der Waals surface area (Å²) in [5.74, 6) is -0.683. The zero-order chi connectivity index (χ0) is 13.6. The third kappa shape index (κ3) is 4.00. The molecular weight excluding hydrogens is 230 g/mol. The van der Waals surface area contributed by atoms with Gasteiger partial charge in [-0.05, 0) is 18.8 Å². The van der Waals surface area contributed by atoms with Gasteiger partial charge in [0.05, 0.1) is 0 Å². The minimum Gasteiger partial charge on any atom is -0.480 e. The van der Waals surface area contributed by atoms with Crippen LogP contribution in [0.15, 0.2) is 0 Å². The molecule has 18 heavy (non-hydrogen) atoms. The van der Waals surface area contributed by atoms with Gasteiger partial charge in [-0.2, -0.15) is 0 Å². The number of hydrogen-bond donors (Lipinski definition) is 2. The molecule has 4 heteroatoms. The van der Waals surface area contributed by atoms with Crippen LogP contribution in [0.1, 0.15) is 65.2 Å². The number of carboxylic acids is 1. The maximum atomic E-state index is 11.9. The second kappa shape index (κ2) is 6.76. The van der Waals surface area contributed by atoms with Gasteiger partial charge in [-0.15, -0.1) is 0 Å². The third-order valence-electron chi connectivity index (χ3n) is 3.98. The second-order valence-electron chi connectivity index (χ2n) is 5.57. The molecule has 0 aromatic carbocycles. The first kappa shape index (κ1) is 15.0. The van der Waals surface area contributed by atoms with Crippen molar-refractivity contribution in [2.24, 2.45) is 5.92 Å². The predicted octanol–water partition coefficient (Wildman–Crippen LogP) is 2.72. The normalized spacial score (nSPS) is 20.8. The molecule has 0 aromatic rings. The Labute approximate surface area is 109 Å². The molecule has 1 aliphatic carbocycles. The fraction of sp³-hybridized carbons (Fsp3) is 0.857. The highest BCUT2D eigenvalue weighted by Crippen LogP contribution is 2.27. The molecule has 0 heterocycles. The zero-order valence-corrected chi connectivity index (χ0v) is 11.5. The zero-order valence-electron chi connectivity index (χ0n) is 11.5. The summed E-state index contributed by atoms with van der Waals surface area (Å²) in [6.45, 7) is 4.05. The Morgan fingerprint density at radius 2 is 1.78 bits per heavy atom. The van der Waals surface area contributed by atoms with Gasteiger partial charge in [-0.3, -0.25) is 4.79 Å². The van der Waals surface area contributed by atoms with Crippen LogP contribution >= 0.6 is 0 Å². The highest BCUT2D eigenvalue weighted by atomic mass is 16.4. The molecule has 1 aliphatic rings. The monoisotopic (exact) mass is 255 g/mol. The molecule has 0 radical (unpaired) electrons. The maximum absolute atomic E-state index is 11.9. The SMILES string of the molecule is CCC(C)CC(=O)NC1(C(=O)O)CCCCCC1. The Hall–Kier alpha value is -1.06. The molecule has 104 valence electrons. The summed E-state index contributed by atoms with van der Waals surface area (Å²) < 4.78 is 0. The highest BCUT2D eigenvalue weighted by Gasteiger charge is 2.39. The van der Waals surface area contributed by atoms with Crippen molar-refractivity contribution in [1.82, 2.24) is 5.32 Å². The molecule has 0 spiro atoms. The van der Waals surface area contributed by atoms with E-state index in [9.17, 15) is 14.7 Å². The van der Waals surface area contributed by atoms with Crippen LogP contribution in [-0.4, -0.2) is 22.5 Å². The molecule has 0 saturated heterocycles. The smallest absolute Gasteiger partial charge is 0.329 e. The number of carbonyl (C=O) groups is 2. The molecule has 4 nitrogen and oxygen atoms in total. The molecular formula is C14H25NO3. The van der Waals surface area contributed by atoms with E-state index in [4.69, 9.17) is 0 Å². The van der Waals surface area contributed by atoms with E-state index in [0.29, 0.717) is 25.2 Å².